The molecule has 0 saturated heterocycles. The maximum atomic E-state index is 9.70. The number of thiol groups is 1. The first-order valence-electron chi connectivity index (χ1n) is 2.88. The van der Waals surface area contributed by atoms with Crippen LogP contribution in [0.2, 0.25) is 0 Å². The zero-order chi connectivity index (χ0) is 8.57. The maximum Gasteiger partial charge on any atom is 0.305 e. The minimum absolute atomic E-state index is 0.231. The van der Waals surface area contributed by atoms with E-state index in [1.54, 1.807) is 25.6 Å². The summed E-state index contributed by atoms with van der Waals surface area (Å²) < 4.78 is 0. The molecule has 1 N–H and O–H groups in total. The lowest BCUT2D eigenvalue weighted by molar-refractivity contribution is -0.140. The number of hydrogen-bond donors (Lipinski definition) is 2. The molecule has 0 aromatic rings. The molecular formula is C6H14O2S2. The highest BCUT2D eigenvalue weighted by Gasteiger charge is 1.99. The van der Waals surface area contributed by atoms with Gasteiger partial charge in [-0.15, -0.1) is 0 Å². The number of carboxylic acid groups (broad SMARTS) is 1. The Kier molecular flexibility index (Phi) is 11.7. The Labute approximate surface area is 71.8 Å². The molecule has 0 unspecified atom stereocenters. The Balaban J connectivity index is 0. The first-order valence-corrected chi connectivity index (χ1v) is 4.91. The lowest BCUT2D eigenvalue weighted by atomic mass is 10.2. The van der Waals surface area contributed by atoms with Crippen molar-refractivity contribution in [2.24, 2.45) is 5.92 Å². The van der Waals surface area contributed by atoms with E-state index in [4.69, 9.17) is 5.11 Å². The summed E-state index contributed by atoms with van der Waals surface area (Å²) in [6.45, 7) is 3.28. The summed E-state index contributed by atoms with van der Waals surface area (Å²) in [7, 11) is 0. The molecule has 0 aromatic heterocycles. The topological polar surface area (TPSA) is 37.3 Å². The smallest absolute Gasteiger partial charge is 0.305 e. The van der Waals surface area contributed by atoms with Gasteiger partial charge in [-0.05, 0) is 6.26 Å². The van der Waals surface area contributed by atoms with Crippen LogP contribution in [0, 0.1) is 5.92 Å². The minimum Gasteiger partial charge on any atom is -0.481 e. The molecule has 4 heteroatoms. The summed E-state index contributed by atoms with van der Waals surface area (Å²) >= 11 is 5.60. The number of rotatable bonds is 2. The highest BCUT2D eigenvalue weighted by Crippen LogP contribution is 1.90. The van der Waals surface area contributed by atoms with Crippen LogP contribution in [0.4, 0.5) is 0 Å². The predicted molar refractivity (Wildman–Crippen MR) is 49.8 cm³/mol. The fraction of sp³-hybridized carbons (Fsp3) is 0.833. The van der Waals surface area contributed by atoms with Gasteiger partial charge in [-0.2, -0.15) is 24.4 Å². The predicted octanol–water partition coefficient (Wildman–Crippen LogP) is 1.96. The highest BCUT2D eigenvalue weighted by atomic mass is 32.2. The van der Waals surface area contributed by atoms with E-state index in [-0.39, 0.29) is 5.92 Å². The molecule has 0 radical (unpaired) electrons. The van der Waals surface area contributed by atoms with E-state index in [1.165, 1.54) is 0 Å². The van der Waals surface area contributed by atoms with Gasteiger partial charge in [0.15, 0.2) is 0 Å². The van der Waals surface area contributed by atoms with Crippen molar-refractivity contribution >= 4 is 30.4 Å². The van der Waals surface area contributed by atoms with Crippen LogP contribution >= 0.6 is 24.4 Å². The highest BCUT2D eigenvalue weighted by molar-refractivity contribution is 8.08. The second kappa shape index (κ2) is 9.17. The maximum absolute atomic E-state index is 9.70. The van der Waals surface area contributed by atoms with Crippen molar-refractivity contribution in [1.29, 1.82) is 0 Å². The molecule has 0 rings (SSSR count). The van der Waals surface area contributed by atoms with Crippen LogP contribution in [0.15, 0.2) is 0 Å². The Bertz CT molecular complexity index is 81.8. The molecule has 0 amide bonds. The van der Waals surface area contributed by atoms with Gasteiger partial charge in [-0.25, -0.2) is 0 Å². The Morgan fingerprint density at radius 2 is 1.90 bits per heavy atom. The average Bonchev–Trinajstić information content (AvgIpc) is 1.89. The third-order valence-electron chi connectivity index (χ3n) is 0.623. The first-order chi connectivity index (χ1) is 4.56. The molecule has 10 heavy (non-hydrogen) atoms. The van der Waals surface area contributed by atoms with Crippen LogP contribution in [-0.4, -0.2) is 22.4 Å². The van der Waals surface area contributed by atoms with E-state index < -0.39 is 5.97 Å². The fourth-order valence-corrected chi connectivity index (χ4v) is 0. The Morgan fingerprint density at radius 3 is 1.90 bits per heavy atom. The lowest BCUT2D eigenvalue weighted by Gasteiger charge is -1.89. The van der Waals surface area contributed by atoms with Gasteiger partial charge in [-0.1, -0.05) is 13.8 Å². The van der Waals surface area contributed by atoms with E-state index in [0.717, 1.165) is 5.08 Å². The van der Waals surface area contributed by atoms with Crippen molar-refractivity contribution < 1.29 is 9.90 Å². The summed E-state index contributed by atoms with van der Waals surface area (Å²) in [4.78, 5) is 9.70. The Morgan fingerprint density at radius 1 is 1.70 bits per heavy atom. The van der Waals surface area contributed by atoms with Crippen molar-refractivity contribution in [2.45, 2.75) is 13.8 Å². The van der Waals surface area contributed by atoms with Crippen LogP contribution in [0.5, 0.6) is 0 Å². The second-order valence-corrected chi connectivity index (χ2v) is 3.52. The van der Waals surface area contributed by atoms with Gasteiger partial charge in [0.1, 0.15) is 0 Å². The monoisotopic (exact) mass is 182 g/mol. The molecule has 0 aliphatic carbocycles. The van der Waals surface area contributed by atoms with E-state index in [2.05, 4.69) is 12.6 Å². The van der Waals surface area contributed by atoms with Gasteiger partial charge in [-0.3, -0.25) is 4.79 Å². The van der Waals surface area contributed by atoms with Crippen LogP contribution in [0.25, 0.3) is 0 Å². The zero-order valence-electron chi connectivity index (χ0n) is 6.50. The number of carboxylic acids is 1. The van der Waals surface area contributed by atoms with E-state index in [1.807, 2.05) is 6.26 Å². The normalized spacial score (nSPS) is 8.50. The number of aliphatic carboxylic acids is 1. The minimum atomic E-state index is -0.741. The molecule has 0 aliphatic rings. The van der Waals surface area contributed by atoms with E-state index in [9.17, 15) is 4.79 Å². The van der Waals surface area contributed by atoms with Gasteiger partial charge in [0.2, 0.25) is 0 Å². The van der Waals surface area contributed by atoms with Gasteiger partial charge >= 0.3 is 5.97 Å². The molecular weight excluding hydrogens is 168 g/mol. The molecule has 0 atom stereocenters. The summed E-state index contributed by atoms with van der Waals surface area (Å²) in [6.07, 6.45) is 2.02. The molecule has 0 aromatic carbocycles. The molecule has 0 saturated carbocycles. The third-order valence-corrected chi connectivity index (χ3v) is 1.66. The van der Waals surface area contributed by atoms with Gasteiger partial charge in [0.25, 0.3) is 0 Å². The van der Waals surface area contributed by atoms with Crippen LogP contribution < -0.4 is 0 Å². The van der Waals surface area contributed by atoms with E-state index in [0.29, 0.717) is 0 Å². The molecule has 0 spiro atoms. The van der Waals surface area contributed by atoms with Gasteiger partial charge in [0.05, 0.1) is 5.92 Å². The number of thioether (sulfide) groups is 1. The lowest BCUT2D eigenvalue weighted by Crippen LogP contribution is -2.03. The van der Waals surface area contributed by atoms with Crippen LogP contribution in [0.3, 0.4) is 0 Å². The van der Waals surface area contributed by atoms with Crippen LogP contribution in [0.1, 0.15) is 13.8 Å². The zero-order valence-corrected chi connectivity index (χ0v) is 8.21. The molecule has 0 bridgehead atoms. The molecule has 0 fully saturated rings. The number of hydrogen-bond acceptors (Lipinski definition) is 3. The molecule has 0 heterocycles. The van der Waals surface area contributed by atoms with Crippen molar-refractivity contribution in [3.63, 3.8) is 0 Å². The standard InChI is InChI=1S/C4H8O2.C2H6S2/c1-3(2)4(5)6;1-4-2-3/h3H,1-2H3,(H,5,6);3H,2H2,1H3. The summed E-state index contributed by atoms with van der Waals surface area (Å²) in [5.41, 5.74) is 0. The quantitative estimate of drug-likeness (QED) is 0.506. The van der Waals surface area contributed by atoms with Crippen molar-refractivity contribution in [1.82, 2.24) is 0 Å². The fourth-order valence-electron chi connectivity index (χ4n) is 0. The van der Waals surface area contributed by atoms with E-state index >= 15 is 0 Å². The van der Waals surface area contributed by atoms with Crippen molar-refractivity contribution in [3.8, 4) is 0 Å². The molecule has 62 valence electrons. The molecule has 0 aliphatic heterocycles. The van der Waals surface area contributed by atoms with Gasteiger partial charge in [0, 0.05) is 5.08 Å². The SMILES string of the molecule is CC(C)C(=O)O.CSCS. The third kappa shape index (κ3) is 15.7. The Hall–Kier alpha value is 0.170. The summed E-state index contributed by atoms with van der Waals surface area (Å²) in [5.74, 6) is -0.972. The average molecular weight is 182 g/mol. The molecule has 2 nitrogen and oxygen atoms in total. The largest absolute Gasteiger partial charge is 0.481 e. The van der Waals surface area contributed by atoms with Crippen molar-refractivity contribution in [2.75, 3.05) is 11.3 Å². The van der Waals surface area contributed by atoms with Crippen LogP contribution in [-0.2, 0) is 4.79 Å². The second-order valence-electron chi connectivity index (χ2n) is 1.91. The summed E-state index contributed by atoms with van der Waals surface area (Å²) in [5, 5.41) is 8.92. The van der Waals surface area contributed by atoms with Gasteiger partial charge < -0.3 is 5.11 Å². The summed E-state index contributed by atoms with van der Waals surface area (Å²) in [6, 6.07) is 0. The number of carbonyl (C=O) groups is 1. The first kappa shape index (κ1) is 12.8. The van der Waals surface area contributed by atoms with Crippen molar-refractivity contribution in [3.05, 3.63) is 0 Å².